The van der Waals surface area contributed by atoms with Crippen molar-refractivity contribution in [2.45, 2.75) is 25.7 Å². The van der Waals surface area contributed by atoms with Gasteiger partial charge in [0.2, 0.25) is 0 Å². The third-order valence-electron chi connectivity index (χ3n) is 4.06. The first-order valence-electron chi connectivity index (χ1n) is 7.97. The molecule has 109 valence electrons. The number of hydrogen-bond acceptors (Lipinski definition) is 0. The summed E-state index contributed by atoms with van der Waals surface area (Å²) in [5, 5.41) is 0. The molecule has 0 atom stereocenters. The minimum Gasteiger partial charge on any atom is -0.0622 e. The highest BCUT2D eigenvalue weighted by Crippen LogP contribution is 2.11. The van der Waals surface area contributed by atoms with Crippen LogP contribution in [0.4, 0.5) is 0 Å². The molecule has 0 aliphatic rings. The Labute approximate surface area is 133 Å². The summed E-state index contributed by atoms with van der Waals surface area (Å²) in [7, 11) is 0. The lowest BCUT2D eigenvalue weighted by Crippen LogP contribution is -1.94. The topological polar surface area (TPSA) is 0 Å². The summed E-state index contributed by atoms with van der Waals surface area (Å²) in [4.78, 5) is 0. The predicted octanol–water partition coefficient (Wildman–Crippen LogP) is 5.06. The highest BCUT2D eigenvalue weighted by molar-refractivity contribution is 5.25. The van der Waals surface area contributed by atoms with E-state index in [2.05, 4.69) is 72.8 Å². The van der Waals surface area contributed by atoms with Gasteiger partial charge in [0.05, 0.1) is 0 Å². The van der Waals surface area contributed by atoms with Gasteiger partial charge in [-0.1, -0.05) is 78.9 Å². The van der Waals surface area contributed by atoms with Gasteiger partial charge >= 0.3 is 0 Å². The molecular weight excluding hydrogens is 264 g/mol. The Morgan fingerprint density at radius 2 is 0.864 bits per heavy atom. The first kappa shape index (κ1) is 14.6. The lowest BCUT2D eigenvalue weighted by molar-refractivity contribution is 0.940. The summed E-state index contributed by atoms with van der Waals surface area (Å²) < 4.78 is 0. The Hall–Kier alpha value is -2.34. The van der Waals surface area contributed by atoms with Gasteiger partial charge in [-0.3, -0.25) is 0 Å². The zero-order chi connectivity index (χ0) is 15.0. The summed E-state index contributed by atoms with van der Waals surface area (Å²) >= 11 is 0. The molecule has 0 saturated carbocycles. The first-order valence-corrected chi connectivity index (χ1v) is 7.97. The fourth-order valence-corrected chi connectivity index (χ4v) is 2.68. The standard InChI is InChI=1S/C22H21/c1-3-7-19(8-4-1)11-13-21-15-17-22(18-16-21)14-12-20-9-5-2-6-10-20/h1,3-10,15-18H,11-14H2. The molecule has 1 radical (unpaired) electrons. The van der Waals surface area contributed by atoms with Gasteiger partial charge in [-0.15, -0.1) is 0 Å². The highest BCUT2D eigenvalue weighted by atomic mass is 14.0. The van der Waals surface area contributed by atoms with E-state index in [0.29, 0.717) is 0 Å². The fraction of sp³-hybridized carbons (Fsp3) is 0.182. The minimum atomic E-state index is 1.10. The number of aryl methyl sites for hydroxylation is 4. The predicted molar refractivity (Wildman–Crippen MR) is 93.0 cm³/mol. The van der Waals surface area contributed by atoms with Crippen LogP contribution in [0.3, 0.4) is 0 Å². The molecule has 0 aromatic heterocycles. The molecule has 0 nitrogen and oxygen atoms in total. The minimum absolute atomic E-state index is 1.10. The molecule has 3 aromatic rings. The molecule has 0 unspecified atom stereocenters. The van der Waals surface area contributed by atoms with E-state index in [1.807, 2.05) is 12.1 Å². The molecule has 22 heavy (non-hydrogen) atoms. The Kier molecular flexibility index (Phi) is 5.04. The van der Waals surface area contributed by atoms with Crippen LogP contribution >= 0.6 is 0 Å². The maximum absolute atomic E-state index is 3.07. The van der Waals surface area contributed by atoms with E-state index in [-0.39, 0.29) is 0 Å². The van der Waals surface area contributed by atoms with Crippen LogP contribution in [0.2, 0.25) is 0 Å². The second-order valence-corrected chi connectivity index (χ2v) is 5.71. The van der Waals surface area contributed by atoms with Crippen LogP contribution in [-0.2, 0) is 25.7 Å². The van der Waals surface area contributed by atoms with Crippen molar-refractivity contribution in [1.82, 2.24) is 0 Å². The van der Waals surface area contributed by atoms with E-state index < -0.39 is 0 Å². The Balaban J connectivity index is 1.52. The summed E-state index contributed by atoms with van der Waals surface area (Å²) in [6, 6.07) is 31.1. The van der Waals surface area contributed by atoms with Gasteiger partial charge in [0.1, 0.15) is 0 Å². The average Bonchev–Trinajstić information content (AvgIpc) is 2.61. The third kappa shape index (κ3) is 4.33. The number of rotatable bonds is 6. The van der Waals surface area contributed by atoms with E-state index in [1.54, 1.807) is 0 Å². The number of benzene rings is 3. The summed E-state index contributed by atoms with van der Waals surface area (Å²) in [6.45, 7) is 0. The van der Waals surface area contributed by atoms with Crippen molar-refractivity contribution in [3.63, 3.8) is 0 Å². The van der Waals surface area contributed by atoms with Gasteiger partial charge in [-0.05, 0) is 54.0 Å². The van der Waals surface area contributed by atoms with E-state index in [0.717, 1.165) is 25.7 Å². The van der Waals surface area contributed by atoms with E-state index in [1.165, 1.54) is 22.3 Å². The fourth-order valence-electron chi connectivity index (χ4n) is 2.68. The van der Waals surface area contributed by atoms with Gasteiger partial charge in [-0.25, -0.2) is 0 Å². The Bertz CT molecular complexity index is 604. The lowest BCUT2D eigenvalue weighted by Gasteiger charge is -2.05. The third-order valence-corrected chi connectivity index (χ3v) is 4.06. The van der Waals surface area contributed by atoms with E-state index >= 15 is 0 Å². The molecule has 0 bridgehead atoms. The largest absolute Gasteiger partial charge is 0.0622 e. The normalized spacial score (nSPS) is 10.5. The number of hydrogen-bond donors (Lipinski definition) is 0. The van der Waals surface area contributed by atoms with Crippen molar-refractivity contribution in [3.05, 3.63) is 107 Å². The molecule has 3 rings (SSSR count). The summed E-state index contributed by atoms with van der Waals surface area (Å²) in [6.07, 6.45) is 4.42. The average molecular weight is 285 g/mol. The molecule has 0 saturated heterocycles. The van der Waals surface area contributed by atoms with Crippen LogP contribution in [0.25, 0.3) is 0 Å². The van der Waals surface area contributed by atoms with E-state index in [4.69, 9.17) is 0 Å². The summed E-state index contributed by atoms with van der Waals surface area (Å²) in [5.74, 6) is 0. The second-order valence-electron chi connectivity index (χ2n) is 5.71. The molecule has 0 amide bonds. The van der Waals surface area contributed by atoms with Gasteiger partial charge in [-0.2, -0.15) is 0 Å². The maximum atomic E-state index is 3.07. The van der Waals surface area contributed by atoms with Crippen molar-refractivity contribution in [3.8, 4) is 0 Å². The Morgan fingerprint density at radius 1 is 0.455 bits per heavy atom. The van der Waals surface area contributed by atoms with Gasteiger partial charge in [0, 0.05) is 0 Å². The molecule has 0 N–H and O–H groups in total. The van der Waals surface area contributed by atoms with Crippen LogP contribution in [0.15, 0.2) is 78.9 Å². The molecule has 0 fully saturated rings. The maximum Gasteiger partial charge on any atom is -0.0184 e. The molecule has 0 spiro atoms. The Morgan fingerprint density at radius 3 is 1.36 bits per heavy atom. The molecule has 0 heterocycles. The molecule has 3 aromatic carbocycles. The molecule has 0 aliphatic heterocycles. The van der Waals surface area contributed by atoms with Crippen molar-refractivity contribution >= 4 is 0 Å². The van der Waals surface area contributed by atoms with E-state index in [9.17, 15) is 0 Å². The van der Waals surface area contributed by atoms with Crippen molar-refractivity contribution in [2.75, 3.05) is 0 Å². The smallest absolute Gasteiger partial charge is 0.0184 e. The van der Waals surface area contributed by atoms with Gasteiger partial charge < -0.3 is 0 Å². The molecular formula is C22H21. The van der Waals surface area contributed by atoms with Crippen LogP contribution in [-0.4, -0.2) is 0 Å². The van der Waals surface area contributed by atoms with Crippen LogP contribution in [0.5, 0.6) is 0 Å². The zero-order valence-corrected chi connectivity index (χ0v) is 12.8. The summed E-state index contributed by atoms with van der Waals surface area (Å²) in [5.41, 5.74) is 5.62. The van der Waals surface area contributed by atoms with Crippen molar-refractivity contribution < 1.29 is 0 Å². The van der Waals surface area contributed by atoms with Crippen LogP contribution in [0, 0.1) is 6.07 Å². The van der Waals surface area contributed by atoms with Crippen molar-refractivity contribution in [2.24, 2.45) is 0 Å². The monoisotopic (exact) mass is 285 g/mol. The highest BCUT2D eigenvalue weighted by Gasteiger charge is 1.98. The SMILES string of the molecule is [c]1ccc(CCc2ccc(CCc3ccccc3)cc2)cc1. The molecule has 0 heteroatoms. The quantitative estimate of drug-likeness (QED) is 0.594. The molecule has 0 aliphatic carbocycles. The van der Waals surface area contributed by atoms with Gasteiger partial charge in [0.15, 0.2) is 0 Å². The van der Waals surface area contributed by atoms with Crippen molar-refractivity contribution in [1.29, 1.82) is 0 Å². The van der Waals surface area contributed by atoms with Gasteiger partial charge in [0.25, 0.3) is 0 Å². The lowest BCUT2D eigenvalue weighted by atomic mass is 10.0. The van der Waals surface area contributed by atoms with Crippen LogP contribution < -0.4 is 0 Å². The van der Waals surface area contributed by atoms with Crippen LogP contribution in [0.1, 0.15) is 22.3 Å². The zero-order valence-electron chi connectivity index (χ0n) is 12.8. The first-order chi connectivity index (χ1) is 10.9. The second kappa shape index (κ2) is 7.61.